The zero-order chi connectivity index (χ0) is 17.8. The maximum Gasteiger partial charge on any atom is 0.209 e. The minimum absolute atomic E-state index is 0.0868. The number of hydrogen-bond acceptors (Lipinski definition) is 4. The first-order chi connectivity index (χ1) is 11.5. The molecule has 2 atom stereocenters. The molecular formula is C19H33N3O2. The van der Waals surface area contributed by atoms with Crippen molar-refractivity contribution in [1.29, 1.82) is 0 Å². The fraction of sp³-hybridized carbons (Fsp3) is 0.684. The van der Waals surface area contributed by atoms with Gasteiger partial charge >= 0.3 is 0 Å². The summed E-state index contributed by atoms with van der Waals surface area (Å²) in [7, 11) is 0. The van der Waals surface area contributed by atoms with Crippen LogP contribution in [0.5, 0.6) is 0 Å². The minimum Gasteiger partial charge on any atom is -0.544 e. The molecule has 0 bridgehead atoms. The zero-order valence-corrected chi connectivity index (χ0v) is 15.2. The molecule has 1 aliphatic rings. The standard InChI is InChI=1S/C19H33N3O2/c1-3-4-5-6-7-8-9-10-11-12-13-18-21-14-15-22(18,17(2)20)16-19(23)24/h9-10,14-15,17H,3-8,11-13,16,20H2,1-2H3/b10-9+. The molecule has 2 N–H and O–H groups in total. The highest BCUT2D eigenvalue weighted by molar-refractivity contribution is 5.81. The number of aliphatic carboxylic acids is 1. The second kappa shape index (κ2) is 11.2. The molecule has 0 aromatic rings. The zero-order valence-electron chi connectivity index (χ0n) is 15.2. The largest absolute Gasteiger partial charge is 0.544 e. The van der Waals surface area contributed by atoms with Gasteiger partial charge < -0.3 is 9.90 Å². The fourth-order valence-electron chi connectivity index (χ4n) is 3.06. The summed E-state index contributed by atoms with van der Waals surface area (Å²) in [5, 5.41) is 11.1. The van der Waals surface area contributed by atoms with E-state index in [0.717, 1.165) is 31.5 Å². The lowest BCUT2D eigenvalue weighted by molar-refractivity contribution is -0.808. The third-order valence-electron chi connectivity index (χ3n) is 4.57. The van der Waals surface area contributed by atoms with Crippen LogP contribution in [-0.4, -0.2) is 29.0 Å². The molecule has 1 heterocycles. The SMILES string of the molecule is CCCCCCC/C=C/CCCC1=NC=C[N+]1(CC(=O)[O-])C(C)N. The number of allylic oxidation sites excluding steroid dienone is 2. The van der Waals surface area contributed by atoms with E-state index in [1.165, 1.54) is 32.1 Å². The van der Waals surface area contributed by atoms with Crippen LogP contribution >= 0.6 is 0 Å². The summed E-state index contributed by atoms with van der Waals surface area (Å²) >= 11 is 0. The van der Waals surface area contributed by atoms with Gasteiger partial charge in [-0.1, -0.05) is 44.8 Å². The second-order valence-electron chi connectivity index (χ2n) is 6.61. The number of nitrogens with zero attached hydrogens (tertiary/aromatic N) is 2. The summed E-state index contributed by atoms with van der Waals surface area (Å²) in [5.41, 5.74) is 6.03. The highest BCUT2D eigenvalue weighted by Crippen LogP contribution is 2.22. The first kappa shape index (κ1) is 20.6. The van der Waals surface area contributed by atoms with Crippen LogP contribution < -0.4 is 10.8 Å². The highest BCUT2D eigenvalue weighted by Gasteiger charge is 2.38. The van der Waals surface area contributed by atoms with Crippen LogP contribution in [0.15, 0.2) is 29.5 Å². The van der Waals surface area contributed by atoms with Crippen molar-refractivity contribution in [3.63, 3.8) is 0 Å². The van der Waals surface area contributed by atoms with E-state index in [4.69, 9.17) is 5.73 Å². The van der Waals surface area contributed by atoms with Crippen molar-refractivity contribution in [2.24, 2.45) is 10.7 Å². The predicted molar refractivity (Wildman–Crippen MR) is 96.7 cm³/mol. The van der Waals surface area contributed by atoms with Gasteiger partial charge in [-0.15, -0.1) is 0 Å². The summed E-state index contributed by atoms with van der Waals surface area (Å²) in [6.45, 7) is 3.89. The van der Waals surface area contributed by atoms with Gasteiger partial charge in [0, 0.05) is 13.3 Å². The molecule has 2 unspecified atom stereocenters. The quantitative estimate of drug-likeness (QED) is 0.319. The Morgan fingerprint density at radius 3 is 2.54 bits per heavy atom. The van der Waals surface area contributed by atoms with Crippen molar-refractivity contribution < 1.29 is 14.4 Å². The van der Waals surface area contributed by atoms with E-state index < -0.39 is 5.97 Å². The summed E-state index contributed by atoms with van der Waals surface area (Å²) in [4.78, 5) is 15.4. The van der Waals surface area contributed by atoms with E-state index in [1.807, 2.05) is 6.92 Å². The number of carbonyl (C=O) groups is 1. The van der Waals surface area contributed by atoms with Crippen LogP contribution in [0.2, 0.25) is 0 Å². The molecule has 1 rings (SSSR count). The van der Waals surface area contributed by atoms with Crippen LogP contribution in [-0.2, 0) is 4.79 Å². The number of aliphatic imine (C=N–C) groups is 1. The number of amidine groups is 1. The third-order valence-corrected chi connectivity index (χ3v) is 4.57. The van der Waals surface area contributed by atoms with Crippen LogP contribution in [0, 0.1) is 0 Å². The van der Waals surface area contributed by atoms with Crippen molar-refractivity contribution in [3.05, 3.63) is 24.6 Å². The molecule has 24 heavy (non-hydrogen) atoms. The van der Waals surface area contributed by atoms with E-state index >= 15 is 0 Å². The van der Waals surface area contributed by atoms with Crippen molar-refractivity contribution in [2.45, 2.75) is 77.8 Å². The Bertz CT molecular complexity index is 469. The molecule has 5 nitrogen and oxygen atoms in total. The lowest BCUT2D eigenvalue weighted by Gasteiger charge is -2.36. The minimum atomic E-state index is -1.10. The number of unbranched alkanes of at least 4 members (excludes halogenated alkanes) is 6. The third kappa shape index (κ3) is 6.57. The molecule has 0 aromatic carbocycles. The fourth-order valence-corrected chi connectivity index (χ4v) is 3.06. The van der Waals surface area contributed by atoms with Crippen molar-refractivity contribution >= 4 is 11.8 Å². The molecule has 0 saturated carbocycles. The lowest BCUT2D eigenvalue weighted by Crippen LogP contribution is -2.60. The average Bonchev–Trinajstić information content (AvgIpc) is 2.92. The van der Waals surface area contributed by atoms with E-state index in [2.05, 4.69) is 24.1 Å². The molecule has 0 aliphatic carbocycles. The Morgan fingerprint density at radius 1 is 1.25 bits per heavy atom. The number of hydrogen-bond donors (Lipinski definition) is 1. The molecule has 136 valence electrons. The van der Waals surface area contributed by atoms with Crippen LogP contribution in [0.4, 0.5) is 0 Å². The van der Waals surface area contributed by atoms with Gasteiger partial charge in [-0.25, -0.2) is 9.48 Å². The smallest absolute Gasteiger partial charge is 0.209 e. The van der Waals surface area contributed by atoms with Gasteiger partial charge in [-0.05, 0) is 25.7 Å². The van der Waals surface area contributed by atoms with Gasteiger partial charge in [0.2, 0.25) is 5.84 Å². The topological polar surface area (TPSA) is 78.5 Å². The van der Waals surface area contributed by atoms with E-state index in [0.29, 0.717) is 0 Å². The van der Waals surface area contributed by atoms with E-state index in [1.54, 1.807) is 12.4 Å². The molecule has 0 saturated heterocycles. The number of carboxylic acid groups (broad SMARTS) is 1. The van der Waals surface area contributed by atoms with Gasteiger partial charge in [0.05, 0.1) is 12.2 Å². The number of carbonyl (C=O) groups excluding carboxylic acids is 1. The monoisotopic (exact) mass is 335 g/mol. The Labute approximate surface area is 146 Å². The average molecular weight is 335 g/mol. The Hall–Kier alpha value is -1.46. The van der Waals surface area contributed by atoms with Crippen LogP contribution in [0.25, 0.3) is 0 Å². The number of quaternary nitrogens is 1. The molecule has 1 aliphatic heterocycles. The Balaban J connectivity index is 2.30. The first-order valence-electron chi connectivity index (χ1n) is 9.25. The normalized spacial score (nSPS) is 21.4. The summed E-state index contributed by atoms with van der Waals surface area (Å²) in [6, 6.07) is 0. The van der Waals surface area contributed by atoms with Crippen molar-refractivity contribution in [2.75, 3.05) is 6.54 Å². The maximum atomic E-state index is 11.1. The van der Waals surface area contributed by atoms with Gasteiger partial charge in [-0.2, -0.15) is 0 Å². The number of rotatable bonds is 13. The van der Waals surface area contributed by atoms with Gasteiger partial charge in [0.15, 0.2) is 0 Å². The molecular weight excluding hydrogens is 302 g/mol. The van der Waals surface area contributed by atoms with Crippen molar-refractivity contribution in [3.8, 4) is 0 Å². The summed E-state index contributed by atoms with van der Waals surface area (Å²) < 4.78 is 0.0868. The van der Waals surface area contributed by atoms with Crippen LogP contribution in [0.3, 0.4) is 0 Å². The van der Waals surface area contributed by atoms with Gasteiger partial charge in [-0.3, -0.25) is 5.73 Å². The van der Waals surface area contributed by atoms with E-state index in [9.17, 15) is 9.90 Å². The van der Waals surface area contributed by atoms with E-state index in [-0.39, 0.29) is 17.2 Å². The first-order valence-corrected chi connectivity index (χ1v) is 9.25. The molecule has 0 aromatic heterocycles. The molecule has 0 amide bonds. The van der Waals surface area contributed by atoms with Gasteiger partial charge in [0.25, 0.3) is 0 Å². The summed E-state index contributed by atoms with van der Waals surface area (Å²) in [6.07, 6.45) is 17.9. The lowest BCUT2D eigenvalue weighted by atomic mass is 10.1. The van der Waals surface area contributed by atoms with Crippen molar-refractivity contribution in [1.82, 2.24) is 0 Å². The van der Waals surface area contributed by atoms with Crippen LogP contribution in [0.1, 0.15) is 71.6 Å². The summed E-state index contributed by atoms with van der Waals surface area (Å²) in [5.74, 6) is -0.281. The number of nitrogens with two attached hydrogens (primary N) is 1. The molecule has 0 fully saturated rings. The predicted octanol–water partition coefficient (Wildman–Crippen LogP) is 2.83. The van der Waals surface area contributed by atoms with Gasteiger partial charge in [0.1, 0.15) is 18.9 Å². The Morgan fingerprint density at radius 2 is 1.92 bits per heavy atom. The molecule has 5 heteroatoms. The molecule has 0 radical (unpaired) electrons. The number of carboxylic acids is 1. The maximum absolute atomic E-state index is 11.1. The Kier molecular flexibility index (Phi) is 9.57. The molecule has 0 spiro atoms. The second-order valence-corrected chi connectivity index (χ2v) is 6.61. The highest BCUT2D eigenvalue weighted by atomic mass is 16.4.